The van der Waals surface area contributed by atoms with Gasteiger partial charge in [-0.1, -0.05) is 42.5 Å². The van der Waals surface area contributed by atoms with E-state index in [4.69, 9.17) is 4.74 Å². The van der Waals surface area contributed by atoms with Gasteiger partial charge in [-0.2, -0.15) is 0 Å². The van der Waals surface area contributed by atoms with Crippen molar-refractivity contribution in [3.05, 3.63) is 78.1 Å². The highest BCUT2D eigenvalue weighted by molar-refractivity contribution is 5.95. The average Bonchev–Trinajstić information content (AvgIpc) is 2.74. The quantitative estimate of drug-likeness (QED) is 0.588. The number of fused-ring (bicyclic) bond motifs is 1. The number of anilines is 1. The molecule has 1 atom stereocenters. The van der Waals surface area contributed by atoms with Crippen molar-refractivity contribution < 1.29 is 23.5 Å². The van der Waals surface area contributed by atoms with E-state index in [2.05, 4.69) is 10.6 Å². The summed E-state index contributed by atoms with van der Waals surface area (Å²) in [4.78, 5) is 36.2. The maximum Gasteiger partial charge on any atom is 0.326 e. The molecule has 6 nitrogen and oxygen atoms in total. The number of hydrogen-bond donors (Lipinski definition) is 2. The third kappa shape index (κ3) is 5.64. The molecule has 2 N–H and O–H groups in total. The van der Waals surface area contributed by atoms with Crippen LogP contribution in [0.25, 0.3) is 10.8 Å². The molecule has 3 aromatic rings. The van der Waals surface area contributed by atoms with Gasteiger partial charge in [-0.15, -0.1) is 0 Å². The Hall–Kier alpha value is -3.74. The smallest absolute Gasteiger partial charge is 0.326 e. The van der Waals surface area contributed by atoms with Gasteiger partial charge in [0.15, 0.2) is 6.10 Å². The Kier molecular flexibility index (Phi) is 6.75. The first-order valence-corrected chi connectivity index (χ1v) is 9.41. The van der Waals surface area contributed by atoms with Crippen molar-refractivity contribution in [2.45, 2.75) is 19.4 Å². The Labute approximate surface area is 173 Å². The predicted molar refractivity (Wildman–Crippen MR) is 111 cm³/mol. The van der Waals surface area contributed by atoms with Crippen LogP contribution < -0.4 is 10.6 Å². The van der Waals surface area contributed by atoms with Gasteiger partial charge in [0.1, 0.15) is 12.4 Å². The van der Waals surface area contributed by atoms with Crippen LogP contribution in [0.5, 0.6) is 0 Å². The third-order valence-electron chi connectivity index (χ3n) is 4.45. The fourth-order valence-corrected chi connectivity index (χ4v) is 2.92. The van der Waals surface area contributed by atoms with Gasteiger partial charge in [-0.25, -0.2) is 4.39 Å². The van der Waals surface area contributed by atoms with Crippen LogP contribution >= 0.6 is 0 Å². The number of rotatable bonds is 7. The second-order valence-electron chi connectivity index (χ2n) is 6.72. The normalized spacial score (nSPS) is 11.5. The number of carbonyl (C=O) groups is 3. The van der Waals surface area contributed by atoms with Crippen molar-refractivity contribution in [2.75, 3.05) is 11.9 Å². The predicted octanol–water partition coefficient (Wildman–Crippen LogP) is 3.21. The molecule has 0 saturated heterocycles. The van der Waals surface area contributed by atoms with E-state index in [1.165, 1.54) is 31.2 Å². The van der Waals surface area contributed by atoms with Crippen LogP contribution in [0.4, 0.5) is 10.1 Å². The molecule has 0 saturated carbocycles. The van der Waals surface area contributed by atoms with Crippen LogP contribution in [0.3, 0.4) is 0 Å². The summed E-state index contributed by atoms with van der Waals surface area (Å²) >= 11 is 0. The number of benzene rings is 3. The van der Waals surface area contributed by atoms with E-state index in [1.54, 1.807) is 0 Å². The standard InChI is InChI=1S/C23H21FN2O4/c1-15(23(29)26-19-11-9-18(24)10-12-19)30-22(28)14-25-21(27)13-17-7-4-6-16-5-2-3-8-20(16)17/h2-12,15H,13-14H2,1H3,(H,25,27)(H,26,29)/t15-/m0/s1. The summed E-state index contributed by atoms with van der Waals surface area (Å²) < 4.78 is 17.9. The van der Waals surface area contributed by atoms with Gasteiger partial charge in [0.05, 0.1) is 6.42 Å². The first-order valence-electron chi connectivity index (χ1n) is 9.41. The highest BCUT2D eigenvalue weighted by Crippen LogP contribution is 2.18. The van der Waals surface area contributed by atoms with E-state index in [0.29, 0.717) is 5.69 Å². The van der Waals surface area contributed by atoms with Gasteiger partial charge in [0, 0.05) is 5.69 Å². The zero-order chi connectivity index (χ0) is 21.5. The van der Waals surface area contributed by atoms with Crippen molar-refractivity contribution in [1.82, 2.24) is 5.32 Å². The van der Waals surface area contributed by atoms with E-state index in [9.17, 15) is 18.8 Å². The SMILES string of the molecule is C[C@H](OC(=O)CNC(=O)Cc1cccc2ccccc12)C(=O)Nc1ccc(F)cc1. The number of ether oxygens (including phenoxy) is 1. The van der Waals surface area contributed by atoms with Gasteiger partial charge in [-0.3, -0.25) is 14.4 Å². The molecule has 154 valence electrons. The zero-order valence-electron chi connectivity index (χ0n) is 16.4. The van der Waals surface area contributed by atoms with Gasteiger partial charge >= 0.3 is 5.97 Å². The maximum absolute atomic E-state index is 12.9. The molecular weight excluding hydrogens is 387 g/mol. The summed E-state index contributed by atoms with van der Waals surface area (Å²) in [5.41, 5.74) is 1.23. The minimum Gasteiger partial charge on any atom is -0.451 e. The van der Waals surface area contributed by atoms with Crippen molar-refractivity contribution in [2.24, 2.45) is 0 Å². The molecule has 0 spiro atoms. The molecule has 30 heavy (non-hydrogen) atoms. The van der Waals surface area contributed by atoms with Crippen molar-refractivity contribution >= 4 is 34.2 Å². The molecule has 0 heterocycles. The van der Waals surface area contributed by atoms with Crippen LogP contribution in [0.15, 0.2) is 66.7 Å². The zero-order valence-corrected chi connectivity index (χ0v) is 16.4. The second kappa shape index (κ2) is 9.65. The molecule has 0 fully saturated rings. The molecule has 0 aliphatic carbocycles. The van der Waals surface area contributed by atoms with Crippen molar-refractivity contribution in [3.8, 4) is 0 Å². The van der Waals surface area contributed by atoms with Gasteiger partial charge in [0.25, 0.3) is 5.91 Å². The molecule has 0 aromatic heterocycles. The third-order valence-corrected chi connectivity index (χ3v) is 4.45. The van der Waals surface area contributed by atoms with Crippen molar-refractivity contribution in [1.29, 1.82) is 0 Å². The summed E-state index contributed by atoms with van der Waals surface area (Å²) in [7, 11) is 0. The lowest BCUT2D eigenvalue weighted by atomic mass is 10.0. The van der Waals surface area contributed by atoms with E-state index < -0.39 is 23.8 Å². The summed E-state index contributed by atoms with van der Waals surface area (Å²) in [5.74, 6) is -2.04. The average molecular weight is 408 g/mol. The van der Waals surface area contributed by atoms with Crippen LogP contribution in [0, 0.1) is 5.82 Å². The van der Waals surface area contributed by atoms with Crippen LogP contribution in [-0.4, -0.2) is 30.4 Å². The largest absolute Gasteiger partial charge is 0.451 e. The number of nitrogens with one attached hydrogen (secondary N) is 2. The molecule has 0 unspecified atom stereocenters. The number of hydrogen-bond acceptors (Lipinski definition) is 4. The fourth-order valence-electron chi connectivity index (χ4n) is 2.92. The lowest BCUT2D eigenvalue weighted by molar-refractivity contribution is -0.152. The number of carbonyl (C=O) groups excluding carboxylic acids is 3. The van der Waals surface area contributed by atoms with Gasteiger partial charge in [0.2, 0.25) is 5.91 Å². The molecule has 3 rings (SSSR count). The van der Waals surface area contributed by atoms with E-state index in [0.717, 1.165) is 16.3 Å². The molecule has 0 radical (unpaired) electrons. The van der Waals surface area contributed by atoms with Gasteiger partial charge in [-0.05, 0) is 47.5 Å². The van der Waals surface area contributed by atoms with Gasteiger partial charge < -0.3 is 15.4 Å². The Bertz CT molecular complexity index is 1060. The first-order chi connectivity index (χ1) is 14.4. The lowest BCUT2D eigenvalue weighted by Gasteiger charge is -2.14. The topological polar surface area (TPSA) is 84.5 Å². The molecule has 7 heteroatoms. The summed E-state index contributed by atoms with van der Waals surface area (Å²) in [6.07, 6.45) is -0.951. The lowest BCUT2D eigenvalue weighted by Crippen LogP contribution is -2.36. The minimum absolute atomic E-state index is 0.120. The van der Waals surface area contributed by atoms with Crippen LogP contribution in [0.2, 0.25) is 0 Å². The Balaban J connectivity index is 1.47. The highest BCUT2D eigenvalue weighted by Gasteiger charge is 2.18. The van der Waals surface area contributed by atoms with Crippen LogP contribution in [0.1, 0.15) is 12.5 Å². The molecule has 3 aromatic carbocycles. The van der Waals surface area contributed by atoms with E-state index >= 15 is 0 Å². The maximum atomic E-state index is 12.9. The summed E-state index contributed by atoms with van der Waals surface area (Å²) in [6, 6.07) is 18.6. The molecule has 0 aliphatic rings. The number of esters is 1. The molecule has 0 aliphatic heterocycles. The molecule has 2 amide bonds. The van der Waals surface area contributed by atoms with E-state index in [-0.39, 0.29) is 18.9 Å². The van der Waals surface area contributed by atoms with E-state index in [1.807, 2.05) is 42.5 Å². The second-order valence-corrected chi connectivity index (χ2v) is 6.72. The summed E-state index contributed by atoms with van der Waals surface area (Å²) in [5, 5.41) is 7.03. The minimum atomic E-state index is -1.07. The first kappa shape index (κ1) is 21.0. The monoisotopic (exact) mass is 408 g/mol. The Morgan fingerprint density at radius 2 is 1.67 bits per heavy atom. The molecule has 0 bridgehead atoms. The fraction of sp³-hybridized carbons (Fsp3) is 0.174. The Morgan fingerprint density at radius 3 is 2.43 bits per heavy atom. The highest BCUT2D eigenvalue weighted by atomic mass is 19.1. The van der Waals surface area contributed by atoms with Crippen LogP contribution in [-0.2, 0) is 25.5 Å². The Morgan fingerprint density at radius 1 is 0.967 bits per heavy atom. The van der Waals surface area contributed by atoms with Crippen molar-refractivity contribution in [3.63, 3.8) is 0 Å². The molecular formula is C23H21FN2O4. The summed E-state index contributed by atoms with van der Waals surface area (Å²) in [6.45, 7) is 1.06. The number of halogens is 1. The number of amides is 2.